The van der Waals surface area contributed by atoms with E-state index in [0.29, 0.717) is 6.42 Å². The van der Waals surface area contributed by atoms with Crippen molar-refractivity contribution < 1.29 is 15.0 Å². The first-order valence-corrected chi connectivity index (χ1v) is 5.09. The molecule has 0 aromatic carbocycles. The minimum atomic E-state index is -1.14. The maximum atomic E-state index is 11.0. The van der Waals surface area contributed by atoms with Crippen molar-refractivity contribution in [1.29, 1.82) is 0 Å². The molecule has 0 aliphatic rings. The molecular formula is C12H18N2O3. The van der Waals surface area contributed by atoms with Crippen molar-refractivity contribution in [3.05, 3.63) is 48.4 Å². The lowest BCUT2D eigenvalue weighted by molar-refractivity contribution is -0.132. The second-order valence-corrected chi connectivity index (χ2v) is 3.30. The molecule has 0 heterocycles. The number of aliphatic hydroxyl groups is 1. The lowest BCUT2D eigenvalue weighted by Gasteiger charge is -2.16. The van der Waals surface area contributed by atoms with E-state index in [1.54, 1.807) is 6.92 Å². The van der Waals surface area contributed by atoms with Gasteiger partial charge in [0.05, 0.1) is 5.57 Å². The van der Waals surface area contributed by atoms with Gasteiger partial charge in [0.15, 0.2) is 0 Å². The summed E-state index contributed by atoms with van der Waals surface area (Å²) in [6, 6.07) is 0. The molecule has 1 unspecified atom stereocenters. The van der Waals surface area contributed by atoms with E-state index in [-0.39, 0.29) is 16.8 Å². The Kier molecular flexibility index (Phi) is 6.43. The van der Waals surface area contributed by atoms with Crippen molar-refractivity contribution in [3.63, 3.8) is 0 Å². The number of rotatable bonds is 7. The van der Waals surface area contributed by atoms with E-state index in [4.69, 9.17) is 10.8 Å². The monoisotopic (exact) mass is 238 g/mol. The molecule has 0 fully saturated rings. The molecule has 0 aromatic rings. The van der Waals surface area contributed by atoms with Crippen molar-refractivity contribution >= 4 is 5.97 Å². The van der Waals surface area contributed by atoms with E-state index >= 15 is 0 Å². The predicted octanol–water partition coefficient (Wildman–Crippen LogP) is 0.858. The van der Waals surface area contributed by atoms with Crippen LogP contribution < -0.4 is 11.1 Å². The summed E-state index contributed by atoms with van der Waals surface area (Å²) in [7, 11) is 0. The summed E-state index contributed by atoms with van der Waals surface area (Å²) >= 11 is 0. The zero-order valence-corrected chi connectivity index (χ0v) is 9.81. The molecule has 0 aromatic heterocycles. The molecule has 5 heteroatoms. The van der Waals surface area contributed by atoms with E-state index in [2.05, 4.69) is 18.5 Å². The second-order valence-electron chi connectivity index (χ2n) is 3.30. The van der Waals surface area contributed by atoms with E-state index < -0.39 is 12.2 Å². The van der Waals surface area contributed by atoms with Gasteiger partial charge in [-0.2, -0.15) is 0 Å². The highest BCUT2D eigenvalue weighted by molar-refractivity contribution is 5.93. The third-order valence-corrected chi connectivity index (χ3v) is 2.02. The van der Waals surface area contributed by atoms with Crippen LogP contribution >= 0.6 is 0 Å². The fourth-order valence-electron chi connectivity index (χ4n) is 1.01. The number of aliphatic hydroxyl groups excluding tert-OH is 1. The maximum absolute atomic E-state index is 11.0. The number of carboxylic acids is 1. The Morgan fingerprint density at radius 2 is 2.12 bits per heavy atom. The van der Waals surface area contributed by atoms with Crippen molar-refractivity contribution in [2.45, 2.75) is 19.6 Å². The lowest BCUT2D eigenvalue weighted by Crippen LogP contribution is -2.28. The van der Waals surface area contributed by atoms with E-state index in [1.165, 1.54) is 18.4 Å². The van der Waals surface area contributed by atoms with Crippen LogP contribution in [-0.2, 0) is 4.79 Å². The standard InChI is InChI=1S/C12H18N2O3/c1-4-11(15)14-9(3)8(2)10(12(16)17)6-5-7-13/h5-7,11,14-15H,2-4,13H2,1H3,(H,16,17)/b7-5-,10-6+. The molecule has 0 bridgehead atoms. The van der Waals surface area contributed by atoms with Gasteiger partial charge in [0.1, 0.15) is 6.23 Å². The molecule has 5 N–H and O–H groups in total. The largest absolute Gasteiger partial charge is 0.478 e. The molecule has 1 atom stereocenters. The molecule has 5 nitrogen and oxygen atoms in total. The summed E-state index contributed by atoms with van der Waals surface area (Å²) in [5.74, 6) is -1.14. The van der Waals surface area contributed by atoms with Crippen LogP contribution in [0.2, 0.25) is 0 Å². The number of carboxylic acid groups (broad SMARTS) is 1. The fourth-order valence-corrected chi connectivity index (χ4v) is 1.01. The Balaban J connectivity index is 4.86. The van der Waals surface area contributed by atoms with Crippen molar-refractivity contribution in [1.82, 2.24) is 5.32 Å². The highest BCUT2D eigenvalue weighted by atomic mass is 16.4. The molecular weight excluding hydrogens is 220 g/mol. The zero-order chi connectivity index (χ0) is 13.4. The van der Waals surface area contributed by atoms with Crippen molar-refractivity contribution in [2.24, 2.45) is 5.73 Å². The summed E-state index contributed by atoms with van der Waals surface area (Å²) in [4.78, 5) is 11.0. The fraction of sp³-hybridized carbons (Fsp3) is 0.250. The normalized spacial score (nSPS) is 13.4. The first-order chi connectivity index (χ1) is 7.93. The molecule has 17 heavy (non-hydrogen) atoms. The van der Waals surface area contributed by atoms with Crippen LogP contribution in [-0.4, -0.2) is 22.4 Å². The second kappa shape index (κ2) is 7.29. The molecule has 0 spiro atoms. The lowest BCUT2D eigenvalue weighted by atomic mass is 10.0. The maximum Gasteiger partial charge on any atom is 0.336 e. The van der Waals surface area contributed by atoms with Gasteiger partial charge in [-0.3, -0.25) is 0 Å². The minimum Gasteiger partial charge on any atom is -0.478 e. The molecule has 0 rings (SSSR count). The van der Waals surface area contributed by atoms with Gasteiger partial charge in [-0.05, 0) is 24.8 Å². The third kappa shape index (κ3) is 5.03. The van der Waals surface area contributed by atoms with Crippen LogP contribution in [0.4, 0.5) is 0 Å². The quantitative estimate of drug-likeness (QED) is 0.300. The van der Waals surface area contributed by atoms with Crippen LogP contribution in [0.15, 0.2) is 48.4 Å². The summed E-state index contributed by atoms with van der Waals surface area (Å²) in [5.41, 5.74) is 5.55. The van der Waals surface area contributed by atoms with Crippen molar-refractivity contribution in [3.8, 4) is 0 Å². The summed E-state index contributed by atoms with van der Waals surface area (Å²) in [6.07, 6.45) is 3.61. The first-order valence-electron chi connectivity index (χ1n) is 5.09. The molecule has 94 valence electrons. The highest BCUT2D eigenvalue weighted by Crippen LogP contribution is 2.15. The summed E-state index contributed by atoms with van der Waals surface area (Å²) in [6.45, 7) is 9.02. The van der Waals surface area contributed by atoms with Gasteiger partial charge in [-0.15, -0.1) is 0 Å². The SMILES string of the molecule is C=C(NC(O)CC)C(=C)/C(=C\C=C/N)C(=O)O. The first kappa shape index (κ1) is 15.0. The molecule has 0 aliphatic carbocycles. The van der Waals surface area contributed by atoms with E-state index in [0.717, 1.165) is 0 Å². The van der Waals surface area contributed by atoms with Gasteiger partial charge >= 0.3 is 5.97 Å². The predicted molar refractivity (Wildman–Crippen MR) is 66.8 cm³/mol. The number of nitrogens with two attached hydrogens (primary N) is 1. The Hall–Kier alpha value is -2.01. The van der Waals surface area contributed by atoms with Crippen LogP contribution in [0.3, 0.4) is 0 Å². The molecule has 0 saturated carbocycles. The van der Waals surface area contributed by atoms with Crippen LogP contribution in [0.1, 0.15) is 13.3 Å². The Bertz CT molecular complexity index is 370. The zero-order valence-electron chi connectivity index (χ0n) is 9.81. The van der Waals surface area contributed by atoms with E-state index in [9.17, 15) is 9.90 Å². The number of hydrogen-bond acceptors (Lipinski definition) is 4. The molecule has 0 aliphatic heterocycles. The molecule has 0 radical (unpaired) electrons. The number of hydrogen-bond donors (Lipinski definition) is 4. The van der Waals surface area contributed by atoms with Crippen molar-refractivity contribution in [2.75, 3.05) is 0 Å². The van der Waals surface area contributed by atoms with Crippen LogP contribution in [0.5, 0.6) is 0 Å². The number of aliphatic carboxylic acids is 1. The molecule has 0 amide bonds. The van der Waals surface area contributed by atoms with Gasteiger partial charge in [0.25, 0.3) is 0 Å². The van der Waals surface area contributed by atoms with Gasteiger partial charge in [0, 0.05) is 11.3 Å². The Labute approximate surface area is 101 Å². The van der Waals surface area contributed by atoms with Gasteiger partial charge in [-0.1, -0.05) is 20.1 Å². The number of nitrogens with one attached hydrogen (secondary N) is 1. The number of allylic oxidation sites excluding steroid dienone is 3. The smallest absolute Gasteiger partial charge is 0.336 e. The minimum absolute atomic E-state index is 0.0347. The summed E-state index contributed by atoms with van der Waals surface area (Å²) in [5, 5.41) is 21.0. The Morgan fingerprint density at radius 1 is 1.53 bits per heavy atom. The van der Waals surface area contributed by atoms with Gasteiger partial charge < -0.3 is 21.3 Å². The van der Waals surface area contributed by atoms with Crippen LogP contribution in [0.25, 0.3) is 0 Å². The van der Waals surface area contributed by atoms with Gasteiger partial charge in [0.2, 0.25) is 0 Å². The van der Waals surface area contributed by atoms with Gasteiger partial charge in [-0.25, -0.2) is 4.79 Å². The number of carbonyl (C=O) groups is 1. The summed E-state index contributed by atoms with van der Waals surface area (Å²) < 4.78 is 0. The Morgan fingerprint density at radius 3 is 2.53 bits per heavy atom. The third-order valence-electron chi connectivity index (χ3n) is 2.02. The van der Waals surface area contributed by atoms with Crippen LogP contribution in [0, 0.1) is 0 Å². The molecule has 0 saturated heterocycles. The highest BCUT2D eigenvalue weighted by Gasteiger charge is 2.14. The average molecular weight is 238 g/mol. The topological polar surface area (TPSA) is 95.6 Å². The average Bonchev–Trinajstić information content (AvgIpc) is 2.28. The van der Waals surface area contributed by atoms with E-state index in [1.807, 2.05) is 0 Å².